The fraction of sp³-hybridized carbons (Fsp3) is 0.222. The Balaban J connectivity index is 1.63. The van der Waals surface area contributed by atoms with Crippen LogP contribution in [0, 0.1) is 0 Å². The number of carbonyl (C=O) groups is 1. The highest BCUT2D eigenvalue weighted by Crippen LogP contribution is 2.57. The molecule has 0 bridgehead atoms. The van der Waals surface area contributed by atoms with E-state index in [2.05, 4.69) is 4.99 Å². The fourth-order valence-corrected chi connectivity index (χ4v) is 2.96. The van der Waals surface area contributed by atoms with Crippen LogP contribution in [-0.4, -0.2) is 24.5 Å². The lowest BCUT2D eigenvalue weighted by molar-refractivity contribution is -0.136. The van der Waals surface area contributed by atoms with Crippen molar-refractivity contribution in [1.29, 1.82) is 0 Å². The number of esters is 1. The second-order valence-electron chi connectivity index (χ2n) is 5.63. The van der Waals surface area contributed by atoms with E-state index < -0.39 is 5.54 Å². The number of hydrogen-bond donors (Lipinski definition) is 0. The minimum Gasteiger partial charge on any atom is -0.497 e. The molecule has 0 radical (unpaired) electrons. The van der Waals surface area contributed by atoms with Crippen LogP contribution in [0.3, 0.4) is 0 Å². The quantitative estimate of drug-likeness (QED) is 0.817. The normalized spacial score (nSPS) is 25.8. The minimum atomic E-state index is -0.722. The van der Waals surface area contributed by atoms with Gasteiger partial charge in [-0.05, 0) is 36.2 Å². The molecule has 2 aliphatic rings. The maximum Gasteiger partial charge on any atom is 0.341 e. The Morgan fingerprint density at radius 2 is 1.86 bits per heavy atom. The molecular formula is C18H15NO3. The Kier molecular flexibility index (Phi) is 2.79. The molecule has 2 atom stereocenters. The SMILES string of the molecule is COc1ccc([C@@H]2C[C@]23N=C(c2ccccc2)OC3=O)cc1. The van der Waals surface area contributed by atoms with Crippen LogP contribution >= 0.6 is 0 Å². The van der Waals surface area contributed by atoms with Crippen LogP contribution < -0.4 is 4.74 Å². The molecule has 1 heterocycles. The number of benzene rings is 2. The average Bonchev–Trinajstić information content (AvgIpc) is 3.21. The standard InChI is InChI=1S/C18H15NO3/c1-21-14-9-7-12(8-10-14)15-11-18(15)17(20)22-16(19-18)13-5-3-2-4-6-13/h2-10,15H,11H2,1H3/t15-,18-/m0/s1. The van der Waals surface area contributed by atoms with Gasteiger partial charge in [-0.1, -0.05) is 30.3 Å². The summed E-state index contributed by atoms with van der Waals surface area (Å²) in [4.78, 5) is 16.9. The predicted octanol–water partition coefficient (Wildman–Crippen LogP) is 2.92. The molecule has 1 spiro atoms. The van der Waals surface area contributed by atoms with Crippen molar-refractivity contribution in [2.75, 3.05) is 7.11 Å². The van der Waals surface area contributed by atoms with Crippen LogP contribution in [0.15, 0.2) is 59.6 Å². The van der Waals surface area contributed by atoms with Crippen molar-refractivity contribution in [3.63, 3.8) is 0 Å². The number of rotatable bonds is 3. The molecular weight excluding hydrogens is 278 g/mol. The largest absolute Gasteiger partial charge is 0.497 e. The van der Waals surface area contributed by atoms with Crippen molar-refractivity contribution < 1.29 is 14.3 Å². The maximum atomic E-state index is 12.3. The number of cyclic esters (lactones) is 1. The summed E-state index contributed by atoms with van der Waals surface area (Å²) in [5.74, 6) is 1.09. The van der Waals surface area contributed by atoms with E-state index in [9.17, 15) is 4.79 Å². The molecule has 0 amide bonds. The van der Waals surface area contributed by atoms with Crippen molar-refractivity contribution in [2.45, 2.75) is 17.9 Å². The van der Waals surface area contributed by atoms with Crippen LogP contribution in [0.2, 0.25) is 0 Å². The zero-order chi connectivity index (χ0) is 15.2. The Labute approximate surface area is 128 Å². The van der Waals surface area contributed by atoms with Gasteiger partial charge in [0.25, 0.3) is 0 Å². The summed E-state index contributed by atoms with van der Waals surface area (Å²) in [6, 6.07) is 17.3. The summed E-state index contributed by atoms with van der Waals surface area (Å²) in [6.07, 6.45) is 0.703. The van der Waals surface area contributed by atoms with Crippen LogP contribution in [0.4, 0.5) is 0 Å². The second kappa shape index (κ2) is 4.70. The number of carbonyl (C=O) groups excluding carboxylic acids is 1. The maximum absolute atomic E-state index is 12.3. The van der Waals surface area contributed by atoms with E-state index in [1.165, 1.54) is 0 Å². The highest BCUT2D eigenvalue weighted by atomic mass is 16.6. The van der Waals surface area contributed by atoms with Gasteiger partial charge >= 0.3 is 5.97 Å². The first-order chi connectivity index (χ1) is 10.7. The molecule has 0 unspecified atom stereocenters. The molecule has 4 nitrogen and oxygen atoms in total. The van der Waals surface area contributed by atoms with Gasteiger partial charge in [0, 0.05) is 11.5 Å². The third-order valence-corrected chi connectivity index (χ3v) is 4.31. The van der Waals surface area contributed by atoms with Gasteiger partial charge < -0.3 is 9.47 Å². The predicted molar refractivity (Wildman–Crippen MR) is 82.2 cm³/mol. The van der Waals surface area contributed by atoms with E-state index in [0.29, 0.717) is 12.3 Å². The van der Waals surface area contributed by atoms with Crippen molar-refractivity contribution in [3.05, 3.63) is 65.7 Å². The summed E-state index contributed by atoms with van der Waals surface area (Å²) in [5.41, 5.74) is 1.21. The van der Waals surface area contributed by atoms with Gasteiger partial charge in [0.15, 0.2) is 5.54 Å². The lowest BCUT2D eigenvalue weighted by Gasteiger charge is -2.04. The van der Waals surface area contributed by atoms with Crippen LogP contribution in [0.5, 0.6) is 5.75 Å². The Morgan fingerprint density at radius 3 is 2.55 bits per heavy atom. The van der Waals surface area contributed by atoms with E-state index in [-0.39, 0.29) is 11.9 Å². The van der Waals surface area contributed by atoms with Crippen molar-refractivity contribution in [3.8, 4) is 5.75 Å². The summed E-state index contributed by atoms with van der Waals surface area (Å²) >= 11 is 0. The van der Waals surface area contributed by atoms with E-state index in [0.717, 1.165) is 16.9 Å². The molecule has 0 N–H and O–H groups in total. The van der Waals surface area contributed by atoms with Gasteiger partial charge in [0.05, 0.1) is 7.11 Å². The minimum absolute atomic E-state index is 0.0899. The number of aliphatic imine (C=N–C) groups is 1. The summed E-state index contributed by atoms with van der Waals surface area (Å²) in [5, 5.41) is 0. The van der Waals surface area contributed by atoms with E-state index in [1.807, 2.05) is 54.6 Å². The molecule has 4 heteroatoms. The second-order valence-corrected chi connectivity index (χ2v) is 5.63. The molecule has 1 aliphatic carbocycles. The Bertz CT molecular complexity index is 752. The first-order valence-electron chi connectivity index (χ1n) is 7.24. The highest BCUT2D eigenvalue weighted by Gasteiger charge is 2.65. The van der Waals surface area contributed by atoms with Crippen molar-refractivity contribution >= 4 is 11.9 Å². The molecule has 0 saturated heterocycles. The monoisotopic (exact) mass is 293 g/mol. The van der Waals surface area contributed by atoms with Crippen molar-refractivity contribution in [2.24, 2.45) is 4.99 Å². The summed E-state index contributed by atoms with van der Waals surface area (Å²) in [7, 11) is 1.64. The Hall–Kier alpha value is -2.62. The van der Waals surface area contributed by atoms with Gasteiger partial charge in [0.2, 0.25) is 5.90 Å². The molecule has 22 heavy (non-hydrogen) atoms. The zero-order valence-electron chi connectivity index (χ0n) is 12.2. The number of methoxy groups -OCH3 is 1. The average molecular weight is 293 g/mol. The Morgan fingerprint density at radius 1 is 1.14 bits per heavy atom. The van der Waals surface area contributed by atoms with E-state index in [4.69, 9.17) is 9.47 Å². The van der Waals surface area contributed by atoms with Gasteiger partial charge in [-0.3, -0.25) is 0 Å². The third kappa shape index (κ3) is 1.91. The van der Waals surface area contributed by atoms with Gasteiger partial charge in [-0.25, -0.2) is 9.79 Å². The molecule has 0 aromatic heterocycles. The number of hydrogen-bond acceptors (Lipinski definition) is 4. The highest BCUT2D eigenvalue weighted by molar-refractivity contribution is 6.09. The first kappa shape index (κ1) is 13.1. The molecule has 110 valence electrons. The topological polar surface area (TPSA) is 47.9 Å². The number of nitrogens with zero attached hydrogens (tertiary/aromatic N) is 1. The summed E-state index contributed by atoms with van der Waals surface area (Å²) in [6.45, 7) is 0. The van der Waals surface area contributed by atoms with E-state index in [1.54, 1.807) is 7.11 Å². The summed E-state index contributed by atoms with van der Waals surface area (Å²) < 4.78 is 10.6. The van der Waals surface area contributed by atoms with Gasteiger partial charge in [-0.2, -0.15) is 0 Å². The van der Waals surface area contributed by atoms with E-state index >= 15 is 0 Å². The van der Waals surface area contributed by atoms with Crippen molar-refractivity contribution in [1.82, 2.24) is 0 Å². The van der Waals surface area contributed by atoms with Crippen LogP contribution in [0.25, 0.3) is 0 Å². The first-order valence-corrected chi connectivity index (χ1v) is 7.24. The smallest absolute Gasteiger partial charge is 0.341 e. The van der Waals surface area contributed by atoms with Gasteiger partial charge in [0.1, 0.15) is 5.75 Å². The third-order valence-electron chi connectivity index (χ3n) is 4.31. The molecule has 2 aromatic rings. The van der Waals surface area contributed by atoms with Gasteiger partial charge in [-0.15, -0.1) is 0 Å². The zero-order valence-corrected chi connectivity index (χ0v) is 12.2. The molecule has 1 saturated carbocycles. The lowest BCUT2D eigenvalue weighted by Crippen LogP contribution is -2.18. The molecule has 2 aromatic carbocycles. The van der Waals surface area contributed by atoms with Crippen LogP contribution in [0.1, 0.15) is 23.5 Å². The molecule has 1 aliphatic heterocycles. The molecule has 4 rings (SSSR count). The number of ether oxygens (including phenoxy) is 2. The molecule has 1 fully saturated rings. The lowest BCUT2D eigenvalue weighted by atomic mass is 10.1. The van der Waals surface area contributed by atoms with Crippen LogP contribution in [-0.2, 0) is 9.53 Å². The fourth-order valence-electron chi connectivity index (χ4n) is 2.96.